The average Bonchev–Trinajstić information content (AvgIpc) is 3.70. The molecule has 0 saturated heterocycles. The number of carbonyl (C=O) groups is 1. The predicted molar refractivity (Wildman–Crippen MR) is 150 cm³/mol. The summed E-state index contributed by atoms with van der Waals surface area (Å²) in [6, 6.07) is 18.2. The number of hydrogen-bond donors (Lipinski definition) is 2. The van der Waals surface area contributed by atoms with Crippen molar-refractivity contribution in [3.63, 3.8) is 0 Å². The van der Waals surface area contributed by atoms with E-state index in [0.717, 1.165) is 71.6 Å². The standard InChI is InChI=1S/C30H38NO5P/c1-3-31(21-24-12-13-24)29-19-26(18-25-14-15-27(36-2)20-28(25)29)30(32)17-23-10-8-22(9-11-23)7-5-4-6-16-37(33,34)35/h8-11,14-15,18-20,24H,3-7,12-13,16-17,21H2,1-2H3,(H2,33,34,35). The Morgan fingerprint density at radius 3 is 2.38 bits per heavy atom. The summed E-state index contributed by atoms with van der Waals surface area (Å²) in [5, 5.41) is 2.16. The minimum absolute atomic E-state index is 0.0469. The van der Waals surface area contributed by atoms with Crippen LogP contribution in [-0.2, 0) is 17.4 Å². The van der Waals surface area contributed by atoms with E-state index in [2.05, 4.69) is 36.1 Å². The minimum Gasteiger partial charge on any atom is -0.497 e. The molecule has 0 radical (unpaired) electrons. The Kier molecular flexibility index (Phi) is 9.07. The Balaban J connectivity index is 1.46. The maximum Gasteiger partial charge on any atom is 0.325 e. The number of nitrogens with zero attached hydrogens (tertiary/aromatic N) is 1. The Labute approximate surface area is 219 Å². The fourth-order valence-electron chi connectivity index (χ4n) is 4.81. The van der Waals surface area contributed by atoms with Crippen molar-refractivity contribution in [1.82, 2.24) is 0 Å². The maximum atomic E-state index is 13.4. The number of benzene rings is 3. The van der Waals surface area contributed by atoms with Crippen molar-refractivity contribution in [3.05, 3.63) is 71.3 Å². The molecule has 0 spiro atoms. The molecule has 0 aliphatic heterocycles. The zero-order chi connectivity index (χ0) is 26.4. The Bertz CT molecular complexity index is 1260. The third-order valence-electron chi connectivity index (χ3n) is 7.16. The van der Waals surface area contributed by atoms with Crippen LogP contribution in [-0.4, -0.2) is 41.9 Å². The van der Waals surface area contributed by atoms with Crippen molar-refractivity contribution >= 4 is 29.8 Å². The van der Waals surface area contributed by atoms with Gasteiger partial charge in [-0.05, 0) is 85.7 Å². The van der Waals surface area contributed by atoms with Crippen LogP contribution in [0.2, 0.25) is 0 Å². The second-order valence-electron chi connectivity index (χ2n) is 10.2. The molecule has 0 amide bonds. The average molecular weight is 524 g/mol. The second kappa shape index (κ2) is 12.3. The van der Waals surface area contributed by atoms with E-state index in [1.54, 1.807) is 7.11 Å². The zero-order valence-corrected chi connectivity index (χ0v) is 22.8. The SMILES string of the molecule is CCN(CC1CC1)c1cc(C(=O)Cc2ccc(CCCCCP(=O)(O)O)cc2)cc2ccc(OC)cc12. The Morgan fingerprint density at radius 1 is 1.00 bits per heavy atom. The third kappa shape index (κ3) is 7.91. The van der Waals surface area contributed by atoms with Gasteiger partial charge >= 0.3 is 7.60 Å². The predicted octanol–water partition coefficient (Wildman–Crippen LogP) is 6.40. The van der Waals surface area contributed by atoms with Gasteiger partial charge in [0.1, 0.15) is 5.75 Å². The lowest BCUT2D eigenvalue weighted by atomic mass is 9.97. The van der Waals surface area contributed by atoms with Crippen LogP contribution in [0.4, 0.5) is 5.69 Å². The van der Waals surface area contributed by atoms with Gasteiger partial charge in [0, 0.05) is 42.3 Å². The molecule has 37 heavy (non-hydrogen) atoms. The molecule has 7 heteroatoms. The van der Waals surface area contributed by atoms with E-state index in [1.807, 2.05) is 30.3 Å². The van der Waals surface area contributed by atoms with E-state index < -0.39 is 7.60 Å². The fraction of sp³-hybridized carbons (Fsp3) is 0.433. The van der Waals surface area contributed by atoms with E-state index in [-0.39, 0.29) is 11.9 Å². The first-order valence-electron chi connectivity index (χ1n) is 13.3. The van der Waals surface area contributed by atoms with Gasteiger partial charge in [0.05, 0.1) is 7.11 Å². The van der Waals surface area contributed by atoms with Crippen LogP contribution in [0, 0.1) is 5.92 Å². The molecule has 198 valence electrons. The van der Waals surface area contributed by atoms with E-state index in [9.17, 15) is 9.36 Å². The molecule has 0 aromatic heterocycles. The van der Waals surface area contributed by atoms with Gasteiger partial charge in [0.25, 0.3) is 0 Å². The number of hydrogen-bond acceptors (Lipinski definition) is 4. The van der Waals surface area contributed by atoms with Crippen LogP contribution in [0.3, 0.4) is 0 Å². The van der Waals surface area contributed by atoms with Crippen molar-refractivity contribution in [2.45, 2.75) is 51.9 Å². The van der Waals surface area contributed by atoms with Crippen LogP contribution in [0.1, 0.15) is 60.5 Å². The molecule has 0 bridgehead atoms. The highest BCUT2D eigenvalue weighted by molar-refractivity contribution is 7.51. The molecule has 1 aliphatic carbocycles. The second-order valence-corrected chi connectivity index (χ2v) is 12.0. The van der Waals surface area contributed by atoms with Crippen molar-refractivity contribution in [2.75, 3.05) is 31.3 Å². The number of carbonyl (C=O) groups excluding carboxylic acids is 1. The quantitative estimate of drug-likeness (QED) is 0.144. The molecular weight excluding hydrogens is 485 g/mol. The smallest absolute Gasteiger partial charge is 0.325 e. The summed E-state index contributed by atoms with van der Waals surface area (Å²) in [7, 11) is -2.22. The Hall–Kier alpha value is -2.66. The molecule has 0 atom stereocenters. The molecular formula is C30H38NO5P. The van der Waals surface area contributed by atoms with Gasteiger partial charge in [-0.1, -0.05) is 36.8 Å². The van der Waals surface area contributed by atoms with Gasteiger partial charge in [0.15, 0.2) is 5.78 Å². The monoisotopic (exact) mass is 523 g/mol. The minimum atomic E-state index is -3.90. The highest BCUT2D eigenvalue weighted by Crippen LogP contribution is 2.37. The normalized spacial score (nSPS) is 13.6. The van der Waals surface area contributed by atoms with Crippen molar-refractivity contribution in [2.24, 2.45) is 5.92 Å². The first-order chi connectivity index (χ1) is 17.8. The van der Waals surface area contributed by atoms with E-state index in [0.29, 0.717) is 12.8 Å². The van der Waals surface area contributed by atoms with Gasteiger partial charge in [-0.15, -0.1) is 0 Å². The fourth-order valence-corrected chi connectivity index (χ4v) is 5.45. The summed E-state index contributed by atoms with van der Waals surface area (Å²) < 4.78 is 16.4. The zero-order valence-electron chi connectivity index (χ0n) is 21.9. The number of fused-ring (bicyclic) bond motifs is 1. The summed E-state index contributed by atoms with van der Waals surface area (Å²) in [5.74, 6) is 1.66. The number of Topliss-reactive ketones (excluding diaryl/α,β-unsaturated/α-hetero) is 1. The lowest BCUT2D eigenvalue weighted by Crippen LogP contribution is -2.25. The summed E-state index contributed by atoms with van der Waals surface area (Å²) in [6.07, 6.45) is 5.93. The van der Waals surface area contributed by atoms with Crippen LogP contribution in [0.15, 0.2) is 54.6 Å². The highest BCUT2D eigenvalue weighted by atomic mass is 31.2. The van der Waals surface area contributed by atoms with Crippen LogP contribution >= 0.6 is 7.60 Å². The number of anilines is 1. The number of unbranched alkanes of at least 4 members (excludes halogenated alkanes) is 2. The van der Waals surface area contributed by atoms with E-state index in [4.69, 9.17) is 14.5 Å². The van der Waals surface area contributed by atoms with Gasteiger partial charge in [-0.25, -0.2) is 0 Å². The number of ether oxygens (including phenoxy) is 1. The molecule has 4 rings (SSSR count). The molecule has 0 unspecified atom stereocenters. The van der Waals surface area contributed by atoms with Gasteiger partial charge in [0.2, 0.25) is 0 Å². The molecule has 1 aliphatic rings. The van der Waals surface area contributed by atoms with Crippen LogP contribution in [0.25, 0.3) is 10.8 Å². The molecule has 1 fully saturated rings. The first-order valence-corrected chi connectivity index (χ1v) is 15.1. The topological polar surface area (TPSA) is 87.1 Å². The Morgan fingerprint density at radius 2 is 1.73 bits per heavy atom. The van der Waals surface area contributed by atoms with Crippen molar-refractivity contribution in [1.29, 1.82) is 0 Å². The summed E-state index contributed by atoms with van der Waals surface area (Å²) in [5.41, 5.74) is 3.99. The van der Waals surface area contributed by atoms with Crippen LogP contribution in [0.5, 0.6) is 5.75 Å². The highest BCUT2D eigenvalue weighted by Gasteiger charge is 2.25. The van der Waals surface area contributed by atoms with Gasteiger partial charge in [-0.3, -0.25) is 9.36 Å². The molecule has 1 saturated carbocycles. The summed E-state index contributed by atoms with van der Waals surface area (Å²) in [4.78, 5) is 33.7. The molecule has 3 aromatic carbocycles. The van der Waals surface area contributed by atoms with Crippen molar-refractivity contribution < 1.29 is 23.9 Å². The largest absolute Gasteiger partial charge is 0.497 e. The number of ketones is 1. The maximum absolute atomic E-state index is 13.4. The summed E-state index contributed by atoms with van der Waals surface area (Å²) in [6.45, 7) is 4.07. The van der Waals surface area contributed by atoms with Gasteiger partial charge < -0.3 is 19.4 Å². The molecule has 3 aromatic rings. The van der Waals surface area contributed by atoms with E-state index in [1.165, 1.54) is 18.4 Å². The number of aryl methyl sites for hydroxylation is 1. The molecule has 0 heterocycles. The van der Waals surface area contributed by atoms with E-state index >= 15 is 0 Å². The molecule has 2 N–H and O–H groups in total. The first kappa shape index (κ1) is 27.4. The number of rotatable bonds is 14. The third-order valence-corrected chi connectivity index (χ3v) is 8.06. The lowest BCUT2D eigenvalue weighted by molar-refractivity contribution is 0.0993. The lowest BCUT2D eigenvalue weighted by Gasteiger charge is -2.25. The van der Waals surface area contributed by atoms with Crippen molar-refractivity contribution in [3.8, 4) is 5.75 Å². The molecule has 6 nitrogen and oxygen atoms in total. The van der Waals surface area contributed by atoms with Crippen LogP contribution < -0.4 is 9.64 Å². The number of methoxy groups -OCH3 is 1. The summed E-state index contributed by atoms with van der Waals surface area (Å²) >= 11 is 0. The van der Waals surface area contributed by atoms with Gasteiger partial charge in [-0.2, -0.15) is 0 Å².